The van der Waals surface area contributed by atoms with Crippen LogP contribution in [0.15, 0.2) is 0 Å². The van der Waals surface area contributed by atoms with Crippen LogP contribution >= 0.6 is 0 Å². The maximum Gasteiger partial charge on any atom is 0.306 e. The van der Waals surface area contributed by atoms with Crippen molar-refractivity contribution in [3.05, 3.63) is 0 Å². The summed E-state index contributed by atoms with van der Waals surface area (Å²) in [6, 6.07) is 0. The molecule has 2 atom stereocenters. The first-order chi connectivity index (χ1) is 15.4. The molecule has 0 aliphatic heterocycles. The normalized spacial score (nSPS) is 12.8. The van der Waals surface area contributed by atoms with Crippen molar-refractivity contribution in [2.75, 3.05) is 6.61 Å². The number of unbranched alkanes of at least 4 members (excludes halogenated alkanes) is 6. The molecule has 0 fully saturated rings. The predicted molar refractivity (Wildman–Crippen MR) is 127 cm³/mol. The summed E-state index contributed by atoms with van der Waals surface area (Å²) in [6.45, 7) is 8.53. The van der Waals surface area contributed by atoms with E-state index in [0.717, 1.165) is 57.8 Å². The maximum atomic E-state index is 12.2. The SMILES string of the molecule is CCCCCC(=O)OCCC[C@@H](CC[C@H](C)OC(=O)CCCCC)OC(=O)CCCCC. The van der Waals surface area contributed by atoms with E-state index in [1.54, 1.807) is 0 Å². The Morgan fingerprint density at radius 1 is 0.594 bits per heavy atom. The van der Waals surface area contributed by atoms with Crippen LogP contribution in [0.25, 0.3) is 0 Å². The smallest absolute Gasteiger partial charge is 0.306 e. The Morgan fingerprint density at radius 3 is 1.62 bits per heavy atom. The fourth-order valence-corrected chi connectivity index (χ4v) is 3.40. The molecular weight excluding hydrogens is 408 g/mol. The number of carbonyl (C=O) groups is 3. The van der Waals surface area contributed by atoms with Gasteiger partial charge in [-0.3, -0.25) is 14.4 Å². The van der Waals surface area contributed by atoms with Gasteiger partial charge in [0.15, 0.2) is 0 Å². The van der Waals surface area contributed by atoms with Crippen LogP contribution in [-0.2, 0) is 28.6 Å². The lowest BCUT2D eigenvalue weighted by Gasteiger charge is -2.20. The van der Waals surface area contributed by atoms with Crippen molar-refractivity contribution in [2.45, 2.75) is 143 Å². The quantitative estimate of drug-likeness (QED) is 0.109. The zero-order valence-electron chi connectivity index (χ0n) is 21.1. The van der Waals surface area contributed by atoms with E-state index in [9.17, 15) is 14.4 Å². The molecule has 0 amide bonds. The van der Waals surface area contributed by atoms with Gasteiger partial charge in [-0.1, -0.05) is 59.3 Å². The molecule has 0 rings (SSSR count). The highest BCUT2D eigenvalue weighted by molar-refractivity contribution is 5.70. The van der Waals surface area contributed by atoms with Crippen LogP contribution in [0.3, 0.4) is 0 Å². The Kier molecular flexibility index (Phi) is 20.2. The molecular formula is C26H48O6. The molecule has 188 valence electrons. The van der Waals surface area contributed by atoms with Gasteiger partial charge in [-0.2, -0.15) is 0 Å². The lowest BCUT2D eigenvalue weighted by atomic mass is 10.1. The number of hydrogen-bond donors (Lipinski definition) is 0. The van der Waals surface area contributed by atoms with Crippen molar-refractivity contribution >= 4 is 17.9 Å². The molecule has 0 aromatic carbocycles. The summed E-state index contributed by atoms with van der Waals surface area (Å²) in [7, 11) is 0. The van der Waals surface area contributed by atoms with E-state index >= 15 is 0 Å². The van der Waals surface area contributed by atoms with E-state index in [4.69, 9.17) is 14.2 Å². The third kappa shape index (κ3) is 19.1. The van der Waals surface area contributed by atoms with Gasteiger partial charge in [-0.15, -0.1) is 0 Å². The Bertz CT molecular complexity index is 491. The van der Waals surface area contributed by atoms with Gasteiger partial charge >= 0.3 is 17.9 Å². The first-order valence-corrected chi connectivity index (χ1v) is 13.0. The van der Waals surface area contributed by atoms with E-state index in [1.165, 1.54) is 0 Å². The second-order valence-electron chi connectivity index (χ2n) is 8.72. The Balaban J connectivity index is 4.39. The van der Waals surface area contributed by atoms with Crippen LogP contribution in [-0.4, -0.2) is 36.7 Å². The minimum absolute atomic E-state index is 0.157. The molecule has 0 aliphatic rings. The molecule has 0 saturated heterocycles. The van der Waals surface area contributed by atoms with Gasteiger partial charge in [0.25, 0.3) is 0 Å². The van der Waals surface area contributed by atoms with E-state index in [0.29, 0.717) is 51.6 Å². The molecule has 6 heteroatoms. The predicted octanol–water partition coefficient (Wildman–Crippen LogP) is 6.67. The zero-order chi connectivity index (χ0) is 24.0. The highest BCUT2D eigenvalue weighted by Gasteiger charge is 2.18. The van der Waals surface area contributed by atoms with Gasteiger partial charge in [-0.25, -0.2) is 0 Å². The van der Waals surface area contributed by atoms with Crippen LogP contribution in [0, 0.1) is 0 Å². The number of rotatable bonds is 21. The van der Waals surface area contributed by atoms with Crippen LogP contribution in [0.5, 0.6) is 0 Å². The van der Waals surface area contributed by atoms with E-state index in [2.05, 4.69) is 20.8 Å². The summed E-state index contributed by atoms with van der Waals surface area (Å²) < 4.78 is 16.5. The number of ether oxygens (including phenoxy) is 3. The van der Waals surface area contributed by atoms with Gasteiger partial charge in [0.05, 0.1) is 12.7 Å². The molecule has 0 N–H and O–H groups in total. The van der Waals surface area contributed by atoms with Crippen molar-refractivity contribution in [2.24, 2.45) is 0 Å². The summed E-state index contributed by atoms with van der Waals surface area (Å²) in [4.78, 5) is 35.8. The highest BCUT2D eigenvalue weighted by atomic mass is 16.6. The summed E-state index contributed by atoms with van der Waals surface area (Å²) in [5.41, 5.74) is 0. The first-order valence-electron chi connectivity index (χ1n) is 13.0. The molecule has 32 heavy (non-hydrogen) atoms. The fraction of sp³-hybridized carbons (Fsp3) is 0.885. The largest absolute Gasteiger partial charge is 0.466 e. The monoisotopic (exact) mass is 456 g/mol. The standard InChI is InChI=1S/C26H48O6/c1-5-8-11-16-24(27)30-21-14-15-23(32-26(29)18-13-10-7-3)20-19-22(4)31-25(28)17-12-9-6-2/h22-23H,5-21H2,1-4H3/t22-,23-/m0/s1. The number of carbonyl (C=O) groups excluding carboxylic acids is 3. The average Bonchev–Trinajstić information content (AvgIpc) is 2.75. The zero-order valence-corrected chi connectivity index (χ0v) is 21.1. The van der Waals surface area contributed by atoms with Crippen LogP contribution in [0.2, 0.25) is 0 Å². The van der Waals surface area contributed by atoms with Gasteiger partial charge < -0.3 is 14.2 Å². The molecule has 0 bridgehead atoms. The minimum atomic E-state index is -0.246. The molecule has 0 unspecified atom stereocenters. The van der Waals surface area contributed by atoms with Crippen LogP contribution < -0.4 is 0 Å². The lowest BCUT2D eigenvalue weighted by Crippen LogP contribution is -2.22. The lowest BCUT2D eigenvalue weighted by molar-refractivity contribution is -0.153. The number of esters is 3. The molecule has 0 saturated carbocycles. The van der Waals surface area contributed by atoms with E-state index in [1.807, 2.05) is 6.92 Å². The Hall–Kier alpha value is -1.59. The molecule has 0 spiro atoms. The molecule has 0 aromatic heterocycles. The van der Waals surface area contributed by atoms with E-state index in [-0.39, 0.29) is 30.1 Å². The Labute approximate surface area is 196 Å². The second kappa shape index (κ2) is 21.3. The molecule has 0 radical (unpaired) electrons. The van der Waals surface area contributed by atoms with Gasteiger partial charge in [0.2, 0.25) is 0 Å². The average molecular weight is 457 g/mol. The molecule has 6 nitrogen and oxygen atoms in total. The highest BCUT2D eigenvalue weighted by Crippen LogP contribution is 2.16. The summed E-state index contributed by atoms with van der Waals surface area (Å²) >= 11 is 0. The fourth-order valence-electron chi connectivity index (χ4n) is 3.40. The summed E-state index contributed by atoms with van der Waals surface area (Å²) in [5, 5.41) is 0. The summed E-state index contributed by atoms with van der Waals surface area (Å²) in [6.07, 6.45) is 12.3. The van der Waals surface area contributed by atoms with Gasteiger partial charge in [0.1, 0.15) is 6.10 Å². The minimum Gasteiger partial charge on any atom is -0.466 e. The number of hydrogen-bond acceptors (Lipinski definition) is 6. The van der Waals surface area contributed by atoms with Gasteiger partial charge in [-0.05, 0) is 51.9 Å². The van der Waals surface area contributed by atoms with Crippen molar-refractivity contribution < 1.29 is 28.6 Å². The Morgan fingerprint density at radius 2 is 1.09 bits per heavy atom. The third-order valence-corrected chi connectivity index (χ3v) is 5.41. The first kappa shape index (κ1) is 30.4. The van der Waals surface area contributed by atoms with Crippen molar-refractivity contribution in [1.82, 2.24) is 0 Å². The van der Waals surface area contributed by atoms with Crippen LogP contribution in [0.4, 0.5) is 0 Å². The van der Waals surface area contributed by atoms with Crippen molar-refractivity contribution in [1.29, 1.82) is 0 Å². The summed E-state index contributed by atoms with van der Waals surface area (Å²) in [5.74, 6) is -0.492. The second-order valence-corrected chi connectivity index (χ2v) is 8.72. The molecule has 0 aliphatic carbocycles. The van der Waals surface area contributed by atoms with Crippen molar-refractivity contribution in [3.8, 4) is 0 Å². The van der Waals surface area contributed by atoms with E-state index < -0.39 is 0 Å². The van der Waals surface area contributed by atoms with Crippen LogP contribution in [0.1, 0.15) is 130 Å². The molecule has 0 aromatic rings. The maximum absolute atomic E-state index is 12.2. The molecule has 0 heterocycles. The topological polar surface area (TPSA) is 78.9 Å². The van der Waals surface area contributed by atoms with Crippen molar-refractivity contribution in [3.63, 3.8) is 0 Å². The van der Waals surface area contributed by atoms with Gasteiger partial charge in [0, 0.05) is 19.3 Å². The third-order valence-electron chi connectivity index (χ3n) is 5.41.